The fourth-order valence-corrected chi connectivity index (χ4v) is 6.55. The number of fused-ring (bicyclic) bond motifs is 1. The van der Waals surface area contributed by atoms with Crippen LogP contribution in [-0.4, -0.2) is 100 Å². The van der Waals surface area contributed by atoms with Gasteiger partial charge in [0.1, 0.15) is 42.2 Å². The highest BCUT2D eigenvalue weighted by Crippen LogP contribution is 2.31. The van der Waals surface area contributed by atoms with Gasteiger partial charge >= 0.3 is 24.1 Å². The molecule has 294 valence electrons. The maximum atomic E-state index is 14.5. The van der Waals surface area contributed by atoms with Crippen LogP contribution in [0.5, 0.6) is 5.75 Å². The van der Waals surface area contributed by atoms with Crippen LogP contribution >= 0.6 is 0 Å². The minimum Gasteiger partial charge on any atom is -0.497 e. The van der Waals surface area contributed by atoms with Crippen molar-refractivity contribution in [2.45, 2.75) is 116 Å². The molecule has 4 rings (SSSR count). The number of carbonyl (C=O) groups is 6. The fourth-order valence-electron chi connectivity index (χ4n) is 6.55. The second kappa shape index (κ2) is 18.1. The van der Waals surface area contributed by atoms with Gasteiger partial charge in [0, 0.05) is 19.5 Å². The molecule has 15 nitrogen and oxygen atoms in total. The van der Waals surface area contributed by atoms with Crippen molar-refractivity contribution < 1.29 is 52.8 Å². The number of aliphatic carboxylic acids is 1. The number of ether oxygens (including phenoxy) is 4. The maximum Gasteiger partial charge on any atom is 0.408 e. The van der Waals surface area contributed by atoms with Crippen LogP contribution in [0.25, 0.3) is 0 Å². The van der Waals surface area contributed by atoms with Gasteiger partial charge in [-0.25, -0.2) is 19.2 Å². The van der Waals surface area contributed by atoms with E-state index in [-0.39, 0.29) is 32.0 Å². The Morgan fingerprint density at radius 1 is 0.907 bits per heavy atom. The molecule has 1 fully saturated rings. The third-order valence-electron chi connectivity index (χ3n) is 9.14. The van der Waals surface area contributed by atoms with Gasteiger partial charge in [-0.05, 0) is 81.7 Å². The summed E-state index contributed by atoms with van der Waals surface area (Å²) < 4.78 is 21.6. The first-order valence-electron chi connectivity index (χ1n) is 18.1. The summed E-state index contributed by atoms with van der Waals surface area (Å²) in [5, 5.41) is 14.8. The lowest BCUT2D eigenvalue weighted by Gasteiger charge is -2.39. The number of likely N-dealkylation sites (tertiary alicyclic amines) is 1. The van der Waals surface area contributed by atoms with Crippen molar-refractivity contribution >= 4 is 35.9 Å². The van der Waals surface area contributed by atoms with Crippen molar-refractivity contribution in [3.63, 3.8) is 0 Å². The molecular weight excluding hydrogens is 700 g/mol. The summed E-state index contributed by atoms with van der Waals surface area (Å²) in [6, 6.07) is 9.65. The fraction of sp³-hybridized carbons (Fsp3) is 0.538. The van der Waals surface area contributed by atoms with E-state index in [1.165, 1.54) is 23.8 Å². The molecule has 3 N–H and O–H groups in total. The molecule has 1 saturated heterocycles. The van der Waals surface area contributed by atoms with Gasteiger partial charge in [-0.2, -0.15) is 0 Å². The first-order chi connectivity index (χ1) is 25.5. The second-order valence-electron chi connectivity index (χ2n) is 15.0. The Labute approximate surface area is 315 Å². The molecule has 2 aliphatic rings. The average molecular weight is 753 g/mol. The third-order valence-corrected chi connectivity index (χ3v) is 9.14. The van der Waals surface area contributed by atoms with Crippen LogP contribution in [0.3, 0.4) is 0 Å². The summed E-state index contributed by atoms with van der Waals surface area (Å²) in [6.45, 7) is 10.3. The second-order valence-corrected chi connectivity index (χ2v) is 15.0. The van der Waals surface area contributed by atoms with Crippen molar-refractivity contribution in [3.05, 3.63) is 65.2 Å². The molecule has 0 saturated carbocycles. The largest absolute Gasteiger partial charge is 0.497 e. The molecule has 0 spiro atoms. The predicted octanol–water partition coefficient (Wildman–Crippen LogP) is 4.19. The van der Waals surface area contributed by atoms with Gasteiger partial charge in [-0.15, -0.1) is 0 Å². The van der Waals surface area contributed by atoms with Gasteiger partial charge < -0.3 is 44.5 Å². The average Bonchev–Trinajstić information content (AvgIpc) is 3.60. The number of benzene rings is 2. The Hall–Kier alpha value is -5.34. The highest BCUT2D eigenvalue weighted by molar-refractivity contribution is 5.94. The number of esters is 1. The van der Waals surface area contributed by atoms with Gasteiger partial charge in [0.2, 0.25) is 11.8 Å². The van der Waals surface area contributed by atoms with Crippen molar-refractivity contribution in [2.75, 3.05) is 13.7 Å². The first-order valence-corrected chi connectivity index (χ1v) is 18.1. The number of nitrogens with zero attached hydrogens (tertiary/aromatic N) is 2. The topological polar surface area (TPSA) is 190 Å². The minimum atomic E-state index is -1.65. The Balaban J connectivity index is 1.56. The lowest BCUT2D eigenvalue weighted by Crippen LogP contribution is -2.58. The van der Waals surface area contributed by atoms with E-state index >= 15 is 0 Å². The Morgan fingerprint density at radius 2 is 1.61 bits per heavy atom. The van der Waals surface area contributed by atoms with E-state index in [4.69, 9.17) is 18.9 Å². The van der Waals surface area contributed by atoms with Crippen LogP contribution in [-0.2, 0) is 53.0 Å². The van der Waals surface area contributed by atoms with Crippen LogP contribution in [0.4, 0.5) is 9.59 Å². The molecule has 2 aliphatic heterocycles. The number of hydrogen-bond donors (Lipinski definition) is 3. The van der Waals surface area contributed by atoms with Crippen LogP contribution in [0.2, 0.25) is 0 Å². The molecule has 54 heavy (non-hydrogen) atoms. The standard InChI is InChI=1S/C39H52N4O11/c1-23(2)18-29(40-37(49)52-22-25-12-9-8-10-13-25)33(44)42-17-11-14-30(42)34(45)43-21-27-19-28(51-7)16-15-26(27)20-31(43)36(48)53-24(3)32(35(46)47)41-38(50)54-39(4,5)6/h8-10,12-13,15-16,19,23-24,29-32H,11,14,17-18,20-22H2,1-7H3,(H,40,49)(H,41,50)(H,46,47)/t24-,29+,30+,31+,32+/m1/s1. The number of carboxylic acid groups (broad SMARTS) is 1. The van der Waals surface area contributed by atoms with E-state index < -0.39 is 71.8 Å². The van der Waals surface area contributed by atoms with Crippen LogP contribution in [0.1, 0.15) is 77.5 Å². The third kappa shape index (κ3) is 11.1. The van der Waals surface area contributed by atoms with Crippen molar-refractivity contribution in [1.29, 1.82) is 0 Å². The Kier molecular flexibility index (Phi) is 13.9. The Bertz CT molecular complexity index is 1680. The van der Waals surface area contributed by atoms with Crippen molar-refractivity contribution in [2.24, 2.45) is 5.92 Å². The van der Waals surface area contributed by atoms with E-state index in [1.807, 2.05) is 44.2 Å². The number of alkyl carbamates (subject to hydrolysis) is 2. The first kappa shape index (κ1) is 41.4. The van der Waals surface area contributed by atoms with Crippen molar-refractivity contribution in [3.8, 4) is 5.75 Å². The highest BCUT2D eigenvalue weighted by atomic mass is 16.6. The highest BCUT2D eigenvalue weighted by Gasteiger charge is 2.45. The lowest BCUT2D eigenvalue weighted by atomic mass is 9.92. The maximum absolute atomic E-state index is 14.5. The molecule has 2 heterocycles. The molecule has 0 unspecified atom stereocenters. The molecule has 0 aliphatic carbocycles. The number of amides is 4. The lowest BCUT2D eigenvalue weighted by molar-refractivity contribution is -0.165. The number of hydrogen-bond acceptors (Lipinski definition) is 10. The number of rotatable bonds is 13. The summed E-state index contributed by atoms with van der Waals surface area (Å²) >= 11 is 0. The van der Waals surface area contributed by atoms with E-state index in [0.717, 1.165) is 16.7 Å². The van der Waals surface area contributed by atoms with Gasteiger partial charge in [0.15, 0.2) is 6.04 Å². The number of methoxy groups -OCH3 is 1. The van der Waals surface area contributed by atoms with E-state index in [2.05, 4.69) is 10.6 Å². The summed E-state index contributed by atoms with van der Waals surface area (Å²) in [7, 11) is 1.51. The van der Waals surface area contributed by atoms with Crippen LogP contribution in [0.15, 0.2) is 48.5 Å². The monoisotopic (exact) mass is 752 g/mol. The smallest absolute Gasteiger partial charge is 0.408 e. The van der Waals surface area contributed by atoms with Gasteiger partial charge in [-0.3, -0.25) is 9.59 Å². The normalized spacial score (nSPS) is 18.4. The molecule has 4 amide bonds. The summed E-state index contributed by atoms with van der Waals surface area (Å²) in [5.74, 6) is -2.72. The number of nitrogens with one attached hydrogen (secondary N) is 2. The van der Waals surface area contributed by atoms with Crippen LogP contribution < -0.4 is 15.4 Å². The SMILES string of the molecule is COc1ccc2c(c1)CN(C(=O)[C@@H]1CCCN1C(=O)[C@H](CC(C)C)NC(=O)OCc1ccccc1)[C@H](C(=O)O[C@H](C)[C@H](NC(=O)OC(C)(C)C)C(=O)O)C2. The quantitative estimate of drug-likeness (QED) is 0.197. The van der Waals surface area contributed by atoms with Gasteiger partial charge in [0.25, 0.3) is 0 Å². The van der Waals surface area contributed by atoms with Gasteiger partial charge in [-0.1, -0.05) is 50.2 Å². The molecule has 0 radical (unpaired) electrons. The van der Waals surface area contributed by atoms with E-state index in [9.17, 15) is 33.9 Å². The zero-order valence-corrected chi connectivity index (χ0v) is 32.0. The number of carboxylic acids is 1. The predicted molar refractivity (Wildman–Crippen MR) is 195 cm³/mol. The summed E-state index contributed by atoms with van der Waals surface area (Å²) in [6.07, 6.45) is -1.96. The number of carbonyl (C=O) groups excluding carboxylic acids is 5. The zero-order valence-electron chi connectivity index (χ0n) is 32.0. The van der Waals surface area contributed by atoms with E-state index in [1.54, 1.807) is 39.0 Å². The zero-order chi connectivity index (χ0) is 39.7. The molecule has 5 atom stereocenters. The molecule has 2 aromatic rings. The molecular formula is C39H52N4O11. The van der Waals surface area contributed by atoms with Crippen molar-refractivity contribution in [1.82, 2.24) is 20.4 Å². The molecule has 2 aromatic carbocycles. The molecule has 0 bridgehead atoms. The van der Waals surface area contributed by atoms with E-state index in [0.29, 0.717) is 25.0 Å². The molecule has 0 aromatic heterocycles. The Morgan fingerprint density at radius 3 is 2.24 bits per heavy atom. The molecule has 15 heteroatoms. The summed E-state index contributed by atoms with van der Waals surface area (Å²) in [4.78, 5) is 82.8. The van der Waals surface area contributed by atoms with Gasteiger partial charge in [0.05, 0.1) is 7.11 Å². The minimum absolute atomic E-state index is 0.0132. The van der Waals surface area contributed by atoms with Crippen LogP contribution in [0, 0.1) is 5.92 Å². The summed E-state index contributed by atoms with van der Waals surface area (Å²) in [5.41, 5.74) is 1.36.